The van der Waals surface area contributed by atoms with Gasteiger partial charge in [-0.3, -0.25) is 0 Å². The third-order valence-corrected chi connectivity index (χ3v) is 1.67. The van der Waals surface area contributed by atoms with Crippen molar-refractivity contribution in [3.63, 3.8) is 0 Å². The predicted octanol–water partition coefficient (Wildman–Crippen LogP) is 5.11. The smallest absolute Gasteiger partial charge is 0 e. The van der Waals surface area contributed by atoms with E-state index >= 15 is 0 Å². The van der Waals surface area contributed by atoms with Crippen molar-refractivity contribution < 1.29 is 50.3 Å². The van der Waals surface area contributed by atoms with Crippen LogP contribution in [0.3, 0.4) is 0 Å². The summed E-state index contributed by atoms with van der Waals surface area (Å²) in [5, 5.41) is 0. The van der Waals surface area contributed by atoms with Crippen LogP contribution in [-0.2, 0) is 50.3 Å². The van der Waals surface area contributed by atoms with Gasteiger partial charge in [-0.05, 0) is 0 Å². The second-order valence-electron chi connectivity index (χ2n) is 2.89. The topological polar surface area (TPSA) is 0 Å². The molecule has 0 aromatic heterocycles. The van der Waals surface area contributed by atoms with Gasteiger partial charge in [-0.25, -0.2) is 24.3 Å². The van der Waals surface area contributed by atoms with Crippen molar-refractivity contribution in [1.82, 2.24) is 0 Å². The Labute approximate surface area is 155 Å². The van der Waals surface area contributed by atoms with Gasteiger partial charge in [-0.2, -0.15) is 36.4 Å². The van der Waals surface area contributed by atoms with E-state index in [1.807, 2.05) is 91.0 Å². The first-order valence-corrected chi connectivity index (χ1v) is 5.00. The Morgan fingerprint density at radius 2 is 0.600 bits per heavy atom. The Morgan fingerprint density at radius 1 is 0.400 bits per heavy atom. The molecule has 0 nitrogen and oxygen atoms in total. The quantitative estimate of drug-likeness (QED) is 0.459. The van der Waals surface area contributed by atoms with Gasteiger partial charge in [0.15, 0.2) is 0 Å². The summed E-state index contributed by atoms with van der Waals surface area (Å²) in [7, 11) is 0. The molecule has 3 heteroatoms. The van der Waals surface area contributed by atoms with Crippen LogP contribution in [-0.4, -0.2) is 0 Å². The molecular formula is C17H21Co3-9. The van der Waals surface area contributed by atoms with Gasteiger partial charge in [0.25, 0.3) is 0 Å². The standard InChI is InChI=1S/3C5H5.2CH3.3Co/c3*1-2-4-5-3-1;;;;;/h3*1-5H;2*1H3;;;/q-5;4*-1;;;. The molecule has 125 valence electrons. The molecule has 0 saturated carbocycles. The van der Waals surface area contributed by atoms with Crippen molar-refractivity contribution in [3.05, 3.63) is 106 Å². The average molecular weight is 402 g/mol. The Hall–Kier alpha value is -0.431. The van der Waals surface area contributed by atoms with Crippen LogP contribution in [0.5, 0.6) is 0 Å². The molecule has 3 aromatic carbocycles. The van der Waals surface area contributed by atoms with Crippen LogP contribution in [0.1, 0.15) is 0 Å². The molecule has 0 atom stereocenters. The van der Waals surface area contributed by atoms with Crippen molar-refractivity contribution in [3.8, 4) is 0 Å². The monoisotopic (exact) mass is 402 g/mol. The van der Waals surface area contributed by atoms with E-state index in [1.54, 1.807) is 0 Å². The summed E-state index contributed by atoms with van der Waals surface area (Å²) < 4.78 is 0. The third-order valence-electron chi connectivity index (χ3n) is 1.67. The molecular weight excluding hydrogens is 381 g/mol. The fourth-order valence-electron chi connectivity index (χ4n) is 0.962. The Kier molecular flexibility index (Phi) is 42.9. The SMILES string of the molecule is [CH3-].[CH3-].[Co].[Co].[Co].[cH-]1[cH-][cH-][cH-][cH-]1.c1cc[cH-]c1.c1cc[cH-]c1. The first-order chi connectivity index (χ1) is 7.50. The third kappa shape index (κ3) is 22.7. The average Bonchev–Trinajstić information content (AvgIpc) is 3.09. The zero-order valence-corrected chi connectivity index (χ0v) is 14.8. The van der Waals surface area contributed by atoms with Crippen molar-refractivity contribution in [2.45, 2.75) is 0 Å². The molecule has 20 heavy (non-hydrogen) atoms. The van der Waals surface area contributed by atoms with Crippen molar-refractivity contribution in [1.29, 1.82) is 0 Å². The molecule has 0 aliphatic heterocycles. The molecule has 0 unspecified atom stereocenters. The molecule has 3 radical (unpaired) electrons. The molecule has 0 aliphatic rings. The van der Waals surface area contributed by atoms with Crippen molar-refractivity contribution in [2.24, 2.45) is 0 Å². The maximum absolute atomic E-state index is 2.00. The fraction of sp³-hybridized carbons (Fsp3) is 0. The van der Waals surface area contributed by atoms with Crippen LogP contribution in [0.25, 0.3) is 0 Å². The fourth-order valence-corrected chi connectivity index (χ4v) is 0.962. The van der Waals surface area contributed by atoms with Crippen molar-refractivity contribution in [2.75, 3.05) is 0 Å². The maximum atomic E-state index is 2.00. The molecule has 0 bridgehead atoms. The molecule has 0 spiro atoms. The minimum Gasteiger partial charge on any atom is -0.748 e. The molecule has 0 N–H and O–H groups in total. The van der Waals surface area contributed by atoms with E-state index in [0.717, 1.165) is 0 Å². The minimum absolute atomic E-state index is 0. The second kappa shape index (κ2) is 27.0. The van der Waals surface area contributed by atoms with Gasteiger partial charge in [0.1, 0.15) is 0 Å². The molecule has 3 aromatic rings. The van der Waals surface area contributed by atoms with Gasteiger partial charge in [-0.15, -0.1) is 0 Å². The molecule has 0 heterocycles. The number of hydrogen-bond donors (Lipinski definition) is 0. The van der Waals surface area contributed by atoms with Gasteiger partial charge >= 0.3 is 0 Å². The summed E-state index contributed by atoms with van der Waals surface area (Å²) >= 11 is 0. The van der Waals surface area contributed by atoms with Crippen LogP contribution in [0.15, 0.2) is 91.0 Å². The summed E-state index contributed by atoms with van der Waals surface area (Å²) in [4.78, 5) is 0. The van der Waals surface area contributed by atoms with E-state index in [1.165, 1.54) is 0 Å². The van der Waals surface area contributed by atoms with Crippen LogP contribution in [0.2, 0.25) is 0 Å². The molecule has 0 amide bonds. The van der Waals surface area contributed by atoms with Crippen LogP contribution < -0.4 is 0 Å². The number of hydrogen-bond acceptors (Lipinski definition) is 0. The van der Waals surface area contributed by atoms with Crippen molar-refractivity contribution >= 4 is 0 Å². The van der Waals surface area contributed by atoms with E-state index in [9.17, 15) is 0 Å². The predicted molar refractivity (Wildman–Crippen MR) is 78.9 cm³/mol. The van der Waals surface area contributed by atoms with Gasteiger partial charge < -0.3 is 45.2 Å². The largest absolute Gasteiger partial charge is 0.748 e. The maximum Gasteiger partial charge on any atom is 0 e. The summed E-state index contributed by atoms with van der Waals surface area (Å²) in [5.74, 6) is 0. The first kappa shape index (κ1) is 31.8. The van der Waals surface area contributed by atoms with Gasteiger partial charge in [0, 0.05) is 50.3 Å². The van der Waals surface area contributed by atoms with Gasteiger partial charge in [0.2, 0.25) is 0 Å². The zero-order chi connectivity index (χ0) is 10.6. The van der Waals surface area contributed by atoms with E-state index in [2.05, 4.69) is 0 Å². The summed E-state index contributed by atoms with van der Waals surface area (Å²) in [6.45, 7) is 0. The first-order valence-electron chi connectivity index (χ1n) is 5.00. The van der Waals surface area contributed by atoms with Crippen LogP contribution in [0.4, 0.5) is 0 Å². The Balaban J connectivity index is -0.0000000500. The summed E-state index contributed by atoms with van der Waals surface area (Å²) in [6.07, 6.45) is 0. The second-order valence-corrected chi connectivity index (χ2v) is 2.89. The number of rotatable bonds is 0. The van der Waals surface area contributed by atoms with Crippen LogP contribution in [0, 0.1) is 14.9 Å². The molecule has 0 fully saturated rings. The Bertz CT molecular complexity index is 244. The molecule has 0 saturated heterocycles. The minimum atomic E-state index is 0. The molecule has 0 aliphatic carbocycles. The van der Waals surface area contributed by atoms with E-state index in [0.29, 0.717) is 0 Å². The normalized spacial score (nSPS) is 6.00. The van der Waals surface area contributed by atoms with Gasteiger partial charge in [-0.1, -0.05) is 0 Å². The molecule has 3 rings (SSSR count). The van der Waals surface area contributed by atoms with E-state index in [4.69, 9.17) is 0 Å². The van der Waals surface area contributed by atoms with E-state index in [-0.39, 0.29) is 65.2 Å². The van der Waals surface area contributed by atoms with E-state index < -0.39 is 0 Å². The summed E-state index contributed by atoms with van der Waals surface area (Å²) in [5.41, 5.74) is 0. The Morgan fingerprint density at radius 3 is 0.700 bits per heavy atom. The van der Waals surface area contributed by atoms with Crippen LogP contribution >= 0.6 is 0 Å². The summed E-state index contributed by atoms with van der Waals surface area (Å²) in [6, 6.07) is 30.0. The van der Waals surface area contributed by atoms with Gasteiger partial charge in [0.05, 0.1) is 0 Å². The zero-order valence-electron chi connectivity index (χ0n) is 11.7.